The van der Waals surface area contributed by atoms with E-state index >= 15 is 0 Å². The Labute approximate surface area is 127 Å². The molecule has 0 saturated heterocycles. The molecule has 0 aliphatic carbocycles. The molecule has 1 N–H and O–H groups in total. The van der Waals surface area contributed by atoms with E-state index in [1.807, 2.05) is 35.9 Å². The van der Waals surface area contributed by atoms with Gasteiger partial charge in [0.1, 0.15) is 12.4 Å². The Morgan fingerprint density at radius 2 is 2.15 bits per heavy atom. The molecule has 5 heteroatoms. The largest absolute Gasteiger partial charge is 0.487 e. The van der Waals surface area contributed by atoms with Gasteiger partial charge in [0.15, 0.2) is 0 Å². The first-order valence-electron chi connectivity index (χ1n) is 6.65. The highest BCUT2D eigenvalue weighted by atomic mass is 79.9. The third-order valence-electron chi connectivity index (χ3n) is 3.09. The Balaban J connectivity index is 2.20. The lowest BCUT2D eigenvalue weighted by atomic mass is 10.1. The van der Waals surface area contributed by atoms with Gasteiger partial charge in [-0.2, -0.15) is 5.10 Å². The van der Waals surface area contributed by atoms with Crippen LogP contribution in [-0.4, -0.2) is 14.9 Å². The summed E-state index contributed by atoms with van der Waals surface area (Å²) < 4.78 is 8.72. The minimum Gasteiger partial charge on any atom is -0.487 e. The molecule has 1 aromatic heterocycles. The molecule has 4 nitrogen and oxygen atoms in total. The van der Waals surface area contributed by atoms with Crippen LogP contribution in [0.25, 0.3) is 0 Å². The van der Waals surface area contributed by atoms with Gasteiger partial charge in [-0.05, 0) is 39.0 Å². The SMILES string of the molecule is CCn1nc(C)cc1COc1cc(Br)ccc1[C@H](C)O. The number of halogens is 1. The second kappa shape index (κ2) is 6.41. The van der Waals surface area contributed by atoms with Crippen molar-refractivity contribution >= 4 is 15.9 Å². The topological polar surface area (TPSA) is 47.3 Å². The van der Waals surface area contributed by atoms with E-state index in [-0.39, 0.29) is 0 Å². The third kappa shape index (κ3) is 3.41. The molecule has 1 aromatic carbocycles. The number of hydrogen-bond acceptors (Lipinski definition) is 3. The minimum atomic E-state index is -0.559. The van der Waals surface area contributed by atoms with Crippen LogP contribution in [0.2, 0.25) is 0 Å². The van der Waals surface area contributed by atoms with Crippen LogP contribution in [0.1, 0.15) is 36.9 Å². The van der Waals surface area contributed by atoms with Crippen molar-refractivity contribution in [3.63, 3.8) is 0 Å². The lowest BCUT2D eigenvalue weighted by Gasteiger charge is -2.14. The molecule has 0 amide bonds. The molecule has 0 bridgehead atoms. The van der Waals surface area contributed by atoms with E-state index in [1.54, 1.807) is 6.92 Å². The maximum atomic E-state index is 9.78. The van der Waals surface area contributed by atoms with E-state index in [2.05, 4.69) is 28.0 Å². The highest BCUT2D eigenvalue weighted by molar-refractivity contribution is 9.10. The number of hydrogen-bond donors (Lipinski definition) is 1. The van der Waals surface area contributed by atoms with Gasteiger partial charge >= 0.3 is 0 Å². The Morgan fingerprint density at radius 3 is 2.80 bits per heavy atom. The molecular weight excluding hydrogens is 320 g/mol. The monoisotopic (exact) mass is 338 g/mol. The fraction of sp³-hybridized carbons (Fsp3) is 0.400. The summed E-state index contributed by atoms with van der Waals surface area (Å²) in [5.74, 6) is 0.691. The summed E-state index contributed by atoms with van der Waals surface area (Å²) in [6.07, 6.45) is -0.559. The maximum absolute atomic E-state index is 9.78. The van der Waals surface area contributed by atoms with E-state index in [0.29, 0.717) is 12.4 Å². The lowest BCUT2D eigenvalue weighted by molar-refractivity contribution is 0.189. The highest BCUT2D eigenvalue weighted by Gasteiger charge is 2.11. The molecule has 2 rings (SSSR count). The van der Waals surface area contributed by atoms with Crippen LogP contribution in [0.4, 0.5) is 0 Å². The Morgan fingerprint density at radius 1 is 1.40 bits per heavy atom. The van der Waals surface area contributed by atoms with Gasteiger partial charge in [0.2, 0.25) is 0 Å². The van der Waals surface area contributed by atoms with Gasteiger partial charge in [0.05, 0.1) is 17.5 Å². The fourth-order valence-electron chi connectivity index (χ4n) is 2.12. The summed E-state index contributed by atoms with van der Waals surface area (Å²) in [5, 5.41) is 14.2. The number of benzene rings is 1. The number of aliphatic hydroxyl groups excluding tert-OH is 1. The third-order valence-corrected chi connectivity index (χ3v) is 3.58. The van der Waals surface area contributed by atoms with Crippen molar-refractivity contribution in [1.82, 2.24) is 9.78 Å². The number of nitrogens with zero attached hydrogens (tertiary/aromatic N) is 2. The Kier molecular flexibility index (Phi) is 4.83. The van der Waals surface area contributed by atoms with Crippen LogP contribution >= 0.6 is 15.9 Å². The van der Waals surface area contributed by atoms with Crippen molar-refractivity contribution < 1.29 is 9.84 Å². The summed E-state index contributed by atoms with van der Waals surface area (Å²) in [6.45, 7) is 7.00. The van der Waals surface area contributed by atoms with Gasteiger partial charge in [-0.3, -0.25) is 4.68 Å². The highest BCUT2D eigenvalue weighted by Crippen LogP contribution is 2.29. The minimum absolute atomic E-state index is 0.435. The van der Waals surface area contributed by atoms with Gasteiger partial charge < -0.3 is 9.84 Å². The number of aryl methyl sites for hydroxylation is 2. The van der Waals surface area contributed by atoms with Crippen molar-refractivity contribution in [3.05, 3.63) is 45.7 Å². The fourth-order valence-corrected chi connectivity index (χ4v) is 2.46. The molecule has 2 aromatic rings. The van der Waals surface area contributed by atoms with Crippen molar-refractivity contribution in [2.24, 2.45) is 0 Å². The zero-order valence-electron chi connectivity index (χ0n) is 11.9. The van der Waals surface area contributed by atoms with Gasteiger partial charge in [-0.15, -0.1) is 0 Å². The average Bonchev–Trinajstić information content (AvgIpc) is 2.76. The van der Waals surface area contributed by atoms with Crippen LogP contribution in [0.5, 0.6) is 5.75 Å². The first-order chi connectivity index (χ1) is 9.51. The summed E-state index contributed by atoms with van der Waals surface area (Å²) in [6, 6.07) is 7.66. The molecule has 0 unspecified atom stereocenters. The number of ether oxygens (including phenoxy) is 1. The van der Waals surface area contributed by atoms with E-state index in [9.17, 15) is 5.11 Å². The van der Waals surface area contributed by atoms with E-state index in [4.69, 9.17) is 4.74 Å². The molecule has 0 aliphatic rings. The molecule has 108 valence electrons. The average molecular weight is 339 g/mol. The summed E-state index contributed by atoms with van der Waals surface area (Å²) in [7, 11) is 0. The molecule has 1 heterocycles. The first kappa shape index (κ1) is 15.1. The standard InChI is InChI=1S/C15H19BrN2O2/c1-4-18-13(7-10(2)17-18)9-20-15-8-12(16)5-6-14(15)11(3)19/h5-8,11,19H,4,9H2,1-3H3/t11-/m0/s1. The zero-order chi connectivity index (χ0) is 14.7. The van der Waals surface area contributed by atoms with Crippen molar-refractivity contribution in [2.45, 2.75) is 40.0 Å². The van der Waals surface area contributed by atoms with Gasteiger partial charge in [-0.1, -0.05) is 22.0 Å². The number of rotatable bonds is 5. The summed E-state index contributed by atoms with van der Waals surface area (Å²) >= 11 is 3.42. The number of aromatic nitrogens is 2. The van der Waals surface area contributed by atoms with Gasteiger partial charge in [0, 0.05) is 16.6 Å². The van der Waals surface area contributed by atoms with Crippen LogP contribution in [0.15, 0.2) is 28.7 Å². The molecule has 0 fully saturated rings. The van der Waals surface area contributed by atoms with Crippen molar-refractivity contribution in [2.75, 3.05) is 0 Å². The lowest BCUT2D eigenvalue weighted by Crippen LogP contribution is -2.07. The second-order valence-electron chi connectivity index (χ2n) is 4.74. The van der Waals surface area contributed by atoms with E-state index < -0.39 is 6.10 Å². The normalized spacial score (nSPS) is 12.4. The maximum Gasteiger partial charge on any atom is 0.130 e. The van der Waals surface area contributed by atoms with Crippen LogP contribution in [0.3, 0.4) is 0 Å². The molecule has 0 saturated carbocycles. The Hall–Kier alpha value is -1.33. The molecule has 1 atom stereocenters. The molecule has 0 radical (unpaired) electrons. The molecule has 0 aliphatic heterocycles. The Bertz CT molecular complexity index is 594. The molecular formula is C15H19BrN2O2. The molecule has 0 spiro atoms. The predicted molar refractivity (Wildman–Crippen MR) is 81.7 cm³/mol. The number of aliphatic hydroxyl groups is 1. The van der Waals surface area contributed by atoms with Gasteiger partial charge in [0.25, 0.3) is 0 Å². The smallest absolute Gasteiger partial charge is 0.130 e. The van der Waals surface area contributed by atoms with Crippen LogP contribution < -0.4 is 4.74 Å². The quantitative estimate of drug-likeness (QED) is 0.905. The van der Waals surface area contributed by atoms with E-state index in [1.165, 1.54) is 0 Å². The summed E-state index contributed by atoms with van der Waals surface area (Å²) in [4.78, 5) is 0. The van der Waals surface area contributed by atoms with Crippen LogP contribution in [-0.2, 0) is 13.2 Å². The summed E-state index contributed by atoms with van der Waals surface area (Å²) in [5.41, 5.74) is 2.80. The van der Waals surface area contributed by atoms with E-state index in [0.717, 1.165) is 28.0 Å². The predicted octanol–water partition coefficient (Wildman–Crippen LogP) is 3.61. The second-order valence-corrected chi connectivity index (χ2v) is 5.66. The zero-order valence-corrected chi connectivity index (χ0v) is 13.5. The first-order valence-corrected chi connectivity index (χ1v) is 7.44. The van der Waals surface area contributed by atoms with Gasteiger partial charge in [-0.25, -0.2) is 0 Å². The van der Waals surface area contributed by atoms with Crippen molar-refractivity contribution in [1.29, 1.82) is 0 Å². The molecule has 20 heavy (non-hydrogen) atoms. The van der Waals surface area contributed by atoms with Crippen LogP contribution in [0, 0.1) is 6.92 Å². The van der Waals surface area contributed by atoms with Crippen molar-refractivity contribution in [3.8, 4) is 5.75 Å².